The lowest BCUT2D eigenvalue weighted by atomic mass is 10.2. The Morgan fingerprint density at radius 1 is 0.931 bits per heavy atom. The molecule has 1 heterocycles. The van der Waals surface area contributed by atoms with Crippen LogP contribution in [0.25, 0.3) is 0 Å². The highest BCUT2D eigenvalue weighted by molar-refractivity contribution is 8.12. The molecule has 0 spiro atoms. The molecule has 7 nitrogen and oxygen atoms in total. The van der Waals surface area contributed by atoms with Gasteiger partial charge in [0.2, 0.25) is 5.88 Å². The summed E-state index contributed by atoms with van der Waals surface area (Å²) >= 11 is 0.994. The molecule has 0 bridgehead atoms. The van der Waals surface area contributed by atoms with E-state index >= 15 is 0 Å². The summed E-state index contributed by atoms with van der Waals surface area (Å²) in [5.74, 6) is 0.0676. The van der Waals surface area contributed by atoms with Crippen LogP contribution in [0, 0.1) is 0 Å². The molecule has 0 fully saturated rings. The number of carbonyl (C=O) groups is 2. The van der Waals surface area contributed by atoms with Crippen molar-refractivity contribution in [3.05, 3.63) is 88.0 Å². The van der Waals surface area contributed by atoms with E-state index in [0.29, 0.717) is 5.69 Å². The van der Waals surface area contributed by atoms with Crippen molar-refractivity contribution in [2.75, 3.05) is 0 Å². The van der Waals surface area contributed by atoms with E-state index in [1.807, 2.05) is 60.7 Å². The van der Waals surface area contributed by atoms with Crippen molar-refractivity contribution < 1.29 is 19.4 Å². The predicted octanol–water partition coefficient (Wildman–Crippen LogP) is 3.58. The summed E-state index contributed by atoms with van der Waals surface area (Å²) in [5.41, 5.74) is 1.67. The number of nitrogens with zero attached hydrogens (tertiary/aromatic N) is 2. The molecule has 0 atom stereocenters. The first-order chi connectivity index (χ1) is 14.0. The van der Waals surface area contributed by atoms with Gasteiger partial charge in [0.1, 0.15) is 0 Å². The first kappa shape index (κ1) is 20.5. The van der Waals surface area contributed by atoms with Gasteiger partial charge in [-0.25, -0.2) is 9.59 Å². The lowest BCUT2D eigenvalue weighted by Gasteiger charge is -2.09. The second-order valence-corrected chi connectivity index (χ2v) is 7.48. The Morgan fingerprint density at radius 2 is 1.45 bits per heavy atom. The highest BCUT2D eigenvalue weighted by atomic mass is 32.2. The largest absolute Gasteiger partial charge is 0.512 e. The highest BCUT2D eigenvalue weighted by Crippen LogP contribution is 2.25. The highest BCUT2D eigenvalue weighted by Gasteiger charge is 2.24. The Labute approximate surface area is 171 Å². The van der Waals surface area contributed by atoms with Crippen LogP contribution in [-0.4, -0.2) is 25.5 Å². The maximum Gasteiger partial charge on any atom is 0.512 e. The molecule has 0 amide bonds. The van der Waals surface area contributed by atoms with Crippen LogP contribution in [0.5, 0.6) is 5.88 Å². The fraction of sp³-hybridized carbons (Fsp3) is 0.190. The Kier molecular flexibility index (Phi) is 6.56. The molecule has 0 aliphatic rings. The zero-order valence-electron chi connectivity index (χ0n) is 15.8. The van der Waals surface area contributed by atoms with Crippen LogP contribution < -0.4 is 10.4 Å². The SMILES string of the molecule is CC(=O)SCc1c(OC(=O)O)n(Cc2ccccc2)c(=O)n1Cc1ccccc1. The lowest BCUT2D eigenvalue weighted by Crippen LogP contribution is -2.26. The van der Waals surface area contributed by atoms with Crippen LogP contribution >= 0.6 is 11.8 Å². The molecule has 1 N–H and O–H groups in total. The van der Waals surface area contributed by atoms with Crippen molar-refractivity contribution in [1.82, 2.24) is 9.13 Å². The van der Waals surface area contributed by atoms with E-state index in [9.17, 15) is 19.5 Å². The minimum absolute atomic E-state index is 0.0592. The van der Waals surface area contributed by atoms with Crippen molar-refractivity contribution in [2.45, 2.75) is 25.8 Å². The summed E-state index contributed by atoms with van der Waals surface area (Å²) in [6.07, 6.45) is -1.52. The Bertz CT molecular complexity index is 1060. The van der Waals surface area contributed by atoms with Crippen LogP contribution in [0.4, 0.5) is 4.79 Å². The number of benzene rings is 2. The van der Waals surface area contributed by atoms with Crippen LogP contribution in [-0.2, 0) is 23.6 Å². The topological polar surface area (TPSA) is 90.5 Å². The van der Waals surface area contributed by atoms with Gasteiger partial charge in [-0.15, -0.1) is 0 Å². The summed E-state index contributed by atoms with van der Waals surface area (Å²) in [5, 5.41) is 9.09. The number of rotatable bonds is 7. The molecule has 0 unspecified atom stereocenters. The minimum Gasteiger partial charge on any atom is -0.449 e. The lowest BCUT2D eigenvalue weighted by molar-refractivity contribution is -0.109. The van der Waals surface area contributed by atoms with Gasteiger partial charge in [0, 0.05) is 12.7 Å². The number of ether oxygens (including phenoxy) is 1. The summed E-state index contributed by atoms with van der Waals surface area (Å²) < 4.78 is 7.77. The summed E-state index contributed by atoms with van der Waals surface area (Å²) in [4.78, 5) is 36.0. The molecule has 150 valence electrons. The minimum atomic E-state index is -1.52. The molecule has 0 aliphatic heterocycles. The maximum atomic E-state index is 13.2. The van der Waals surface area contributed by atoms with Gasteiger partial charge in [-0.05, 0) is 11.1 Å². The molecular weight excluding hydrogens is 392 g/mol. The third-order valence-corrected chi connectivity index (χ3v) is 5.07. The van der Waals surface area contributed by atoms with Gasteiger partial charge in [0.15, 0.2) is 5.12 Å². The molecule has 0 saturated heterocycles. The molecule has 0 saturated carbocycles. The second kappa shape index (κ2) is 9.29. The van der Waals surface area contributed by atoms with E-state index in [0.717, 1.165) is 22.9 Å². The summed E-state index contributed by atoms with van der Waals surface area (Å²) in [6.45, 7) is 1.82. The zero-order valence-corrected chi connectivity index (χ0v) is 16.6. The van der Waals surface area contributed by atoms with Gasteiger partial charge in [0.05, 0.1) is 18.8 Å². The van der Waals surface area contributed by atoms with Gasteiger partial charge in [-0.2, -0.15) is 0 Å². The number of imidazole rings is 1. The summed E-state index contributed by atoms with van der Waals surface area (Å²) in [7, 11) is 0. The van der Waals surface area contributed by atoms with E-state index < -0.39 is 11.8 Å². The fourth-order valence-corrected chi connectivity index (χ4v) is 3.58. The molecule has 1 aromatic heterocycles. The van der Waals surface area contributed by atoms with E-state index in [-0.39, 0.29) is 29.8 Å². The van der Waals surface area contributed by atoms with Gasteiger partial charge in [-0.3, -0.25) is 13.9 Å². The van der Waals surface area contributed by atoms with Crippen LogP contribution in [0.3, 0.4) is 0 Å². The second-order valence-electron chi connectivity index (χ2n) is 6.33. The molecule has 3 rings (SSSR count). The number of thioether (sulfide) groups is 1. The number of carbonyl (C=O) groups excluding carboxylic acids is 1. The number of hydrogen-bond acceptors (Lipinski definition) is 5. The molecule has 0 radical (unpaired) electrons. The van der Waals surface area contributed by atoms with E-state index in [1.54, 1.807) is 0 Å². The number of aromatic nitrogens is 2. The number of carboxylic acid groups (broad SMARTS) is 1. The van der Waals surface area contributed by atoms with Gasteiger partial charge < -0.3 is 9.84 Å². The van der Waals surface area contributed by atoms with Crippen molar-refractivity contribution in [1.29, 1.82) is 0 Å². The molecule has 29 heavy (non-hydrogen) atoms. The van der Waals surface area contributed by atoms with Crippen molar-refractivity contribution in [3.63, 3.8) is 0 Å². The van der Waals surface area contributed by atoms with Gasteiger partial charge >= 0.3 is 11.8 Å². The van der Waals surface area contributed by atoms with Crippen LogP contribution in [0.15, 0.2) is 65.5 Å². The first-order valence-electron chi connectivity index (χ1n) is 8.90. The fourth-order valence-electron chi connectivity index (χ4n) is 2.96. The smallest absolute Gasteiger partial charge is 0.449 e. The Balaban J connectivity index is 2.12. The van der Waals surface area contributed by atoms with Crippen molar-refractivity contribution in [3.8, 4) is 5.88 Å². The normalized spacial score (nSPS) is 10.7. The first-order valence-corrected chi connectivity index (χ1v) is 9.88. The monoisotopic (exact) mass is 412 g/mol. The van der Waals surface area contributed by atoms with Gasteiger partial charge in [-0.1, -0.05) is 72.4 Å². The standard InChI is InChI=1S/C21H20N2O5S/c1-15(24)29-14-18-19(28-21(26)27)23(13-17-10-6-3-7-11-17)20(25)22(18)12-16-8-4-2-5-9-16/h2-11H,12-14H2,1H3,(H,26,27). The average Bonchev–Trinajstić information content (AvgIpc) is 2.92. The van der Waals surface area contributed by atoms with Crippen LogP contribution in [0.2, 0.25) is 0 Å². The maximum absolute atomic E-state index is 13.2. The van der Waals surface area contributed by atoms with E-state index in [4.69, 9.17) is 4.74 Å². The average molecular weight is 412 g/mol. The van der Waals surface area contributed by atoms with Gasteiger partial charge in [0.25, 0.3) is 0 Å². The Hall–Kier alpha value is -3.26. The van der Waals surface area contributed by atoms with Crippen molar-refractivity contribution in [2.24, 2.45) is 0 Å². The third-order valence-electron chi connectivity index (χ3n) is 4.24. The van der Waals surface area contributed by atoms with Crippen LogP contribution in [0.1, 0.15) is 23.7 Å². The van der Waals surface area contributed by atoms with E-state index in [1.165, 1.54) is 16.1 Å². The quantitative estimate of drug-likeness (QED) is 0.597. The van der Waals surface area contributed by atoms with Crippen molar-refractivity contribution >= 4 is 23.0 Å². The van der Waals surface area contributed by atoms with E-state index in [2.05, 4.69) is 0 Å². The third kappa shape index (κ3) is 5.17. The Morgan fingerprint density at radius 3 is 1.93 bits per heavy atom. The molecule has 8 heteroatoms. The number of hydrogen-bond donors (Lipinski definition) is 1. The predicted molar refractivity (Wildman–Crippen MR) is 110 cm³/mol. The zero-order chi connectivity index (χ0) is 20.8. The molecule has 3 aromatic rings. The molecule has 0 aliphatic carbocycles. The summed E-state index contributed by atoms with van der Waals surface area (Å²) in [6, 6.07) is 18.6. The molecule has 2 aromatic carbocycles. The molecular formula is C21H20N2O5S.